The fraction of sp³-hybridized carbons (Fsp3) is 0.667. The highest BCUT2D eigenvalue weighted by Gasteiger charge is 2.68. The summed E-state index contributed by atoms with van der Waals surface area (Å²) in [5, 5.41) is 13.4. The zero-order chi connectivity index (χ0) is 26.8. The summed E-state index contributed by atoms with van der Waals surface area (Å²) in [5.74, 6) is -0.467. The van der Waals surface area contributed by atoms with E-state index in [0.29, 0.717) is 19.3 Å². The first-order valence-corrected chi connectivity index (χ1v) is 13.3. The van der Waals surface area contributed by atoms with E-state index in [9.17, 15) is 14.7 Å². The lowest BCUT2D eigenvalue weighted by atomic mass is 9.56. The predicted octanol–water partition coefficient (Wildman–Crippen LogP) is 5.08. The highest BCUT2D eigenvalue weighted by molar-refractivity contribution is 9.10. The minimum Gasteiger partial charge on any atom is -0.444 e. The molecule has 2 spiro atoms. The third-order valence-corrected chi connectivity index (χ3v) is 8.07. The van der Waals surface area contributed by atoms with E-state index in [2.05, 4.69) is 21.2 Å². The molecule has 7 nitrogen and oxygen atoms in total. The molecule has 1 heterocycles. The van der Waals surface area contributed by atoms with Crippen molar-refractivity contribution in [1.29, 1.82) is 0 Å². The number of guanidine groups is 1. The van der Waals surface area contributed by atoms with Crippen molar-refractivity contribution in [2.45, 2.75) is 90.6 Å². The van der Waals surface area contributed by atoms with Gasteiger partial charge in [0.15, 0.2) is 5.54 Å². The number of aliphatic imine (C=N–C) groups is 1. The van der Waals surface area contributed by atoms with Crippen LogP contribution in [0.1, 0.15) is 72.4 Å². The second-order valence-electron chi connectivity index (χ2n) is 12.5. The van der Waals surface area contributed by atoms with E-state index < -0.39 is 34.4 Å². The lowest BCUT2D eigenvalue weighted by Gasteiger charge is -2.49. The molecule has 4 rings (SSSR count). The summed E-state index contributed by atoms with van der Waals surface area (Å²) in [5.41, 5.74) is -2.69. The third kappa shape index (κ3) is 4.57. The molecular formula is C27H37BrFN3O4. The smallest absolute Gasteiger partial charge is 0.414 e. The van der Waals surface area contributed by atoms with E-state index in [-0.39, 0.29) is 30.2 Å². The molecule has 2 N–H and O–H groups in total. The molecule has 1 saturated carbocycles. The minimum atomic E-state index is -1.73. The third-order valence-electron chi connectivity index (χ3n) is 7.58. The number of amides is 2. The van der Waals surface area contributed by atoms with Gasteiger partial charge in [-0.05, 0) is 89.0 Å². The number of nitrogens with zero attached hydrogens (tertiary/aromatic N) is 2. The molecular weight excluding hydrogens is 529 g/mol. The second kappa shape index (κ2) is 8.79. The standard InChI is InChI=1S/C27H37BrFN3O4/c1-15-11-26(12-16(2)20(15)33)13-17-8-9-18(28)10-19(17)27(26)21(34)32(14-25(6,7)29)22(31-27)30-23(35)36-24(3,4)5/h8-10,15-16,20,33H,11-14H2,1-7H3,(H,30,31,35)/t15-,16+,20?,26?,27-/m1/s1. The molecule has 2 amide bonds. The molecule has 9 heteroatoms. The molecule has 0 radical (unpaired) electrons. The van der Waals surface area contributed by atoms with Gasteiger partial charge in [-0.15, -0.1) is 0 Å². The molecule has 0 bridgehead atoms. The number of nitrogens with one attached hydrogen (secondary N) is 1. The van der Waals surface area contributed by atoms with Crippen molar-refractivity contribution in [3.05, 3.63) is 33.8 Å². The predicted molar refractivity (Wildman–Crippen MR) is 139 cm³/mol. The molecule has 5 atom stereocenters. The molecule has 3 aliphatic rings. The van der Waals surface area contributed by atoms with Crippen LogP contribution in [0.3, 0.4) is 0 Å². The molecule has 2 aliphatic carbocycles. The number of alkyl carbamates (subject to hydrolysis) is 1. The summed E-state index contributed by atoms with van der Waals surface area (Å²) in [6.07, 6.45) is 0.525. The Balaban J connectivity index is 1.90. The highest BCUT2D eigenvalue weighted by Crippen LogP contribution is 2.63. The second-order valence-corrected chi connectivity index (χ2v) is 13.4. The average molecular weight is 567 g/mol. The van der Waals surface area contributed by atoms with Crippen LogP contribution in [0.15, 0.2) is 27.7 Å². The number of halogens is 2. The molecule has 2 unspecified atom stereocenters. The molecule has 1 fully saturated rings. The first-order chi connectivity index (χ1) is 16.5. The number of fused-ring (bicyclic) bond motifs is 3. The van der Waals surface area contributed by atoms with Crippen LogP contribution in [0.5, 0.6) is 0 Å². The van der Waals surface area contributed by atoms with Gasteiger partial charge in [0, 0.05) is 9.89 Å². The van der Waals surface area contributed by atoms with Gasteiger partial charge in [0.1, 0.15) is 11.3 Å². The van der Waals surface area contributed by atoms with E-state index >= 15 is 4.39 Å². The minimum absolute atomic E-state index is 0.00129. The Bertz CT molecular complexity index is 1100. The number of benzene rings is 1. The van der Waals surface area contributed by atoms with E-state index in [1.807, 2.05) is 32.0 Å². The molecule has 1 aromatic rings. The van der Waals surface area contributed by atoms with Crippen molar-refractivity contribution in [1.82, 2.24) is 10.2 Å². The van der Waals surface area contributed by atoms with E-state index in [0.717, 1.165) is 15.6 Å². The van der Waals surface area contributed by atoms with E-state index in [4.69, 9.17) is 9.73 Å². The quantitative estimate of drug-likeness (QED) is 0.522. The molecule has 1 aliphatic heterocycles. The number of ether oxygens (including phenoxy) is 1. The fourth-order valence-corrected chi connectivity index (χ4v) is 6.83. The molecule has 0 aromatic heterocycles. The van der Waals surface area contributed by atoms with Crippen LogP contribution in [0.25, 0.3) is 0 Å². The first-order valence-electron chi connectivity index (χ1n) is 12.6. The molecule has 1 aromatic carbocycles. The van der Waals surface area contributed by atoms with E-state index in [1.165, 1.54) is 18.7 Å². The maximum absolute atomic E-state index is 15.0. The van der Waals surface area contributed by atoms with Gasteiger partial charge in [0.25, 0.3) is 5.91 Å². The molecule has 36 heavy (non-hydrogen) atoms. The van der Waals surface area contributed by atoms with Crippen LogP contribution in [-0.2, 0) is 21.5 Å². The topological polar surface area (TPSA) is 91.2 Å². The van der Waals surface area contributed by atoms with Crippen molar-refractivity contribution in [3.63, 3.8) is 0 Å². The molecule has 198 valence electrons. The van der Waals surface area contributed by atoms with Gasteiger partial charge < -0.3 is 9.84 Å². The van der Waals surface area contributed by atoms with Crippen molar-refractivity contribution < 1.29 is 23.8 Å². The number of aliphatic hydroxyl groups excluding tert-OH is 1. The van der Waals surface area contributed by atoms with Gasteiger partial charge in [-0.2, -0.15) is 0 Å². The Morgan fingerprint density at radius 2 is 1.86 bits per heavy atom. The summed E-state index contributed by atoms with van der Waals surface area (Å²) in [6, 6.07) is 5.87. The van der Waals surface area contributed by atoms with Gasteiger partial charge in [-0.3, -0.25) is 15.0 Å². The largest absolute Gasteiger partial charge is 0.444 e. The summed E-state index contributed by atoms with van der Waals surface area (Å²) < 4.78 is 21.3. The van der Waals surface area contributed by atoms with Gasteiger partial charge >= 0.3 is 6.09 Å². The Hall–Kier alpha value is -2.00. The van der Waals surface area contributed by atoms with Gasteiger partial charge in [-0.1, -0.05) is 35.8 Å². The Morgan fingerprint density at radius 1 is 1.25 bits per heavy atom. The highest BCUT2D eigenvalue weighted by atomic mass is 79.9. The zero-order valence-corrected chi connectivity index (χ0v) is 23.7. The number of carbonyl (C=O) groups is 2. The number of alkyl halides is 1. The summed E-state index contributed by atoms with van der Waals surface area (Å²) in [4.78, 5) is 33.5. The van der Waals surface area contributed by atoms with Crippen LogP contribution in [0, 0.1) is 17.3 Å². The van der Waals surface area contributed by atoms with Crippen LogP contribution in [-0.4, -0.2) is 51.9 Å². The number of hydrogen-bond acceptors (Lipinski definition) is 5. The van der Waals surface area contributed by atoms with Gasteiger partial charge in [-0.25, -0.2) is 14.2 Å². The van der Waals surface area contributed by atoms with E-state index in [1.54, 1.807) is 20.8 Å². The SMILES string of the molecule is C[C@@H]1CC2(Cc3ccc(Br)cc3[C@]23N=C(NC(=O)OC(C)(C)C)N(CC(C)(C)F)C3=O)C[C@H](C)C1O. The van der Waals surface area contributed by atoms with Crippen molar-refractivity contribution >= 4 is 33.9 Å². The Morgan fingerprint density at radius 3 is 2.42 bits per heavy atom. The van der Waals surface area contributed by atoms with Gasteiger partial charge in [0.05, 0.1) is 12.6 Å². The maximum atomic E-state index is 15.0. The van der Waals surface area contributed by atoms with Gasteiger partial charge in [0.2, 0.25) is 5.96 Å². The van der Waals surface area contributed by atoms with Crippen LogP contribution in [0.4, 0.5) is 9.18 Å². The summed E-state index contributed by atoms with van der Waals surface area (Å²) in [6.45, 7) is 11.8. The maximum Gasteiger partial charge on any atom is 0.414 e. The lowest BCUT2D eigenvalue weighted by molar-refractivity contribution is -0.142. The van der Waals surface area contributed by atoms with Crippen LogP contribution < -0.4 is 5.32 Å². The number of aliphatic hydroxyl groups is 1. The number of rotatable bonds is 2. The van der Waals surface area contributed by atoms with Crippen LogP contribution in [0.2, 0.25) is 0 Å². The average Bonchev–Trinajstić information content (AvgIpc) is 3.11. The number of hydrogen-bond donors (Lipinski definition) is 2. The van der Waals surface area contributed by atoms with Crippen molar-refractivity contribution in [3.8, 4) is 0 Å². The summed E-state index contributed by atoms with van der Waals surface area (Å²) in [7, 11) is 0. The summed E-state index contributed by atoms with van der Waals surface area (Å²) >= 11 is 3.55. The lowest BCUT2D eigenvalue weighted by Crippen LogP contribution is -2.56. The Labute approximate surface area is 221 Å². The van der Waals surface area contributed by atoms with Crippen molar-refractivity contribution in [2.24, 2.45) is 22.2 Å². The number of carbonyl (C=O) groups excluding carboxylic acids is 2. The Kier molecular flexibility index (Phi) is 6.60. The van der Waals surface area contributed by atoms with Crippen LogP contribution >= 0.6 is 15.9 Å². The van der Waals surface area contributed by atoms with Crippen molar-refractivity contribution in [2.75, 3.05) is 6.54 Å². The first kappa shape index (κ1) is 27.0. The molecule has 0 saturated heterocycles. The monoisotopic (exact) mass is 565 g/mol. The fourth-order valence-electron chi connectivity index (χ4n) is 6.47. The normalized spacial score (nSPS) is 32.2. The zero-order valence-electron chi connectivity index (χ0n) is 22.1.